The number of ether oxygens (including phenoxy) is 1. The van der Waals surface area contributed by atoms with Crippen LogP contribution in [0.5, 0.6) is 5.75 Å². The van der Waals surface area contributed by atoms with Crippen LogP contribution < -0.4 is 5.43 Å². The van der Waals surface area contributed by atoms with E-state index in [1.807, 2.05) is 20.8 Å². The van der Waals surface area contributed by atoms with Gasteiger partial charge in [-0.2, -0.15) is 0 Å². The fourth-order valence-electron chi connectivity index (χ4n) is 4.06. The van der Waals surface area contributed by atoms with E-state index in [0.29, 0.717) is 42.6 Å². The topological polar surface area (TPSA) is 97.6 Å². The number of hydrogen-bond acceptors (Lipinski definition) is 7. The molecular formula is C24H27FN4O4S. The van der Waals surface area contributed by atoms with Crippen LogP contribution in [0.15, 0.2) is 35.3 Å². The molecular weight excluding hydrogens is 459 g/mol. The Morgan fingerprint density at radius 2 is 1.97 bits per heavy atom. The summed E-state index contributed by atoms with van der Waals surface area (Å²) < 4.78 is 20.4. The zero-order chi connectivity index (χ0) is 24.4. The fraction of sp³-hybridized carbons (Fsp3) is 0.417. The lowest BCUT2D eigenvalue weighted by Gasteiger charge is -2.38. The van der Waals surface area contributed by atoms with Gasteiger partial charge in [0.2, 0.25) is 5.43 Å². The SMILES string of the molecule is CCOCC[C@H]1CN(C(C)C)C(=O)c2c(O)c(=O)c(-c3nnc(Cc4ccc(F)cc4)s3)cn21. The molecule has 0 fully saturated rings. The molecule has 34 heavy (non-hydrogen) atoms. The lowest BCUT2D eigenvalue weighted by Crippen LogP contribution is -2.47. The van der Waals surface area contributed by atoms with Gasteiger partial charge in [-0.15, -0.1) is 10.2 Å². The molecule has 3 aromatic rings. The van der Waals surface area contributed by atoms with Crippen molar-refractivity contribution in [3.63, 3.8) is 0 Å². The maximum Gasteiger partial charge on any atom is 0.274 e. The second-order valence-corrected chi connectivity index (χ2v) is 9.53. The van der Waals surface area contributed by atoms with Crippen LogP contribution in [0.4, 0.5) is 4.39 Å². The van der Waals surface area contributed by atoms with Crippen molar-refractivity contribution in [2.45, 2.75) is 45.7 Å². The van der Waals surface area contributed by atoms with Crippen molar-refractivity contribution in [3.05, 3.63) is 62.8 Å². The Hall–Kier alpha value is -3.11. The molecule has 10 heteroatoms. The van der Waals surface area contributed by atoms with Crippen molar-refractivity contribution in [3.8, 4) is 16.3 Å². The van der Waals surface area contributed by atoms with Gasteiger partial charge < -0.3 is 19.3 Å². The first kappa shape index (κ1) is 24.0. The Kier molecular flexibility index (Phi) is 7.08. The highest BCUT2D eigenvalue weighted by Crippen LogP contribution is 2.32. The van der Waals surface area contributed by atoms with Gasteiger partial charge in [0, 0.05) is 38.4 Å². The number of rotatable bonds is 8. The summed E-state index contributed by atoms with van der Waals surface area (Å²) in [4.78, 5) is 27.8. The Bertz CT molecular complexity index is 1240. The highest BCUT2D eigenvalue weighted by molar-refractivity contribution is 7.14. The zero-order valence-corrected chi connectivity index (χ0v) is 20.1. The van der Waals surface area contributed by atoms with Crippen molar-refractivity contribution >= 4 is 17.2 Å². The quantitative estimate of drug-likeness (QED) is 0.489. The van der Waals surface area contributed by atoms with Gasteiger partial charge in [-0.1, -0.05) is 23.5 Å². The third-order valence-corrected chi connectivity index (χ3v) is 6.82. The number of aromatic nitrogens is 3. The minimum atomic E-state index is -0.654. The molecule has 0 aliphatic carbocycles. The molecule has 1 aromatic carbocycles. The van der Waals surface area contributed by atoms with Gasteiger partial charge in [0.15, 0.2) is 16.5 Å². The molecule has 0 spiro atoms. The van der Waals surface area contributed by atoms with E-state index in [1.165, 1.54) is 23.5 Å². The average Bonchev–Trinajstić information content (AvgIpc) is 3.26. The smallest absolute Gasteiger partial charge is 0.274 e. The number of nitrogens with zero attached hydrogens (tertiary/aromatic N) is 4. The van der Waals surface area contributed by atoms with E-state index in [0.717, 1.165) is 5.56 Å². The van der Waals surface area contributed by atoms with E-state index >= 15 is 0 Å². The summed E-state index contributed by atoms with van der Waals surface area (Å²) in [7, 11) is 0. The Morgan fingerprint density at radius 3 is 2.65 bits per heavy atom. The van der Waals surface area contributed by atoms with Crippen LogP contribution in [0.2, 0.25) is 0 Å². The summed E-state index contributed by atoms with van der Waals surface area (Å²) in [5, 5.41) is 20.2. The lowest BCUT2D eigenvalue weighted by molar-refractivity contribution is 0.0555. The zero-order valence-electron chi connectivity index (χ0n) is 19.3. The Balaban J connectivity index is 1.72. The van der Waals surface area contributed by atoms with Gasteiger partial charge in [-0.25, -0.2) is 4.39 Å². The molecule has 0 radical (unpaired) electrons. The van der Waals surface area contributed by atoms with Crippen molar-refractivity contribution in [2.75, 3.05) is 19.8 Å². The van der Waals surface area contributed by atoms with E-state index in [1.54, 1.807) is 27.8 Å². The first-order valence-corrected chi connectivity index (χ1v) is 12.1. The lowest BCUT2D eigenvalue weighted by atomic mass is 10.0. The highest BCUT2D eigenvalue weighted by atomic mass is 32.1. The van der Waals surface area contributed by atoms with Crippen molar-refractivity contribution in [1.82, 2.24) is 19.7 Å². The van der Waals surface area contributed by atoms with Crippen LogP contribution in [0.25, 0.3) is 10.6 Å². The van der Waals surface area contributed by atoms with E-state index in [-0.39, 0.29) is 35.1 Å². The highest BCUT2D eigenvalue weighted by Gasteiger charge is 2.36. The predicted octanol–water partition coefficient (Wildman–Crippen LogP) is 3.63. The van der Waals surface area contributed by atoms with Crippen LogP contribution in [0.3, 0.4) is 0 Å². The fourth-order valence-corrected chi connectivity index (χ4v) is 4.94. The number of pyridine rings is 1. The monoisotopic (exact) mass is 486 g/mol. The third-order valence-electron chi connectivity index (χ3n) is 5.86. The molecule has 1 amide bonds. The van der Waals surface area contributed by atoms with Crippen molar-refractivity contribution < 1.29 is 19.0 Å². The van der Waals surface area contributed by atoms with Crippen LogP contribution in [-0.4, -0.2) is 56.5 Å². The number of aromatic hydroxyl groups is 1. The number of fused-ring (bicyclic) bond motifs is 1. The molecule has 1 atom stereocenters. The molecule has 1 N–H and O–H groups in total. The standard InChI is InChI=1S/C24H27FN4O4S/c1-4-33-10-9-17-12-28(14(2)3)24(32)20-22(31)21(30)18(13-29(17)20)23-27-26-19(34-23)11-15-5-7-16(25)8-6-15/h5-8,13-14,17,31H,4,9-12H2,1-3H3/t17-/m0/s1. The molecule has 0 saturated carbocycles. The number of halogens is 1. The maximum atomic E-state index is 13.2. The molecule has 180 valence electrons. The number of amides is 1. The summed E-state index contributed by atoms with van der Waals surface area (Å²) in [5.41, 5.74) is 0.394. The van der Waals surface area contributed by atoms with Crippen LogP contribution in [0.1, 0.15) is 54.3 Å². The van der Waals surface area contributed by atoms with Gasteiger partial charge in [-0.3, -0.25) is 9.59 Å². The number of carbonyl (C=O) groups excluding carboxylic acids is 1. The van der Waals surface area contributed by atoms with E-state index in [4.69, 9.17) is 4.74 Å². The van der Waals surface area contributed by atoms with Gasteiger partial charge in [0.25, 0.3) is 5.91 Å². The van der Waals surface area contributed by atoms with Crippen molar-refractivity contribution in [1.29, 1.82) is 0 Å². The van der Waals surface area contributed by atoms with E-state index in [9.17, 15) is 19.1 Å². The molecule has 1 aliphatic rings. The molecule has 4 rings (SSSR count). The molecule has 0 saturated heterocycles. The minimum absolute atomic E-state index is 0.00810. The molecule has 0 unspecified atom stereocenters. The van der Waals surface area contributed by atoms with Gasteiger partial charge in [0.1, 0.15) is 10.8 Å². The minimum Gasteiger partial charge on any atom is -0.503 e. The molecule has 2 aromatic heterocycles. The van der Waals surface area contributed by atoms with E-state index < -0.39 is 11.2 Å². The van der Waals surface area contributed by atoms with Crippen molar-refractivity contribution in [2.24, 2.45) is 0 Å². The van der Waals surface area contributed by atoms with Gasteiger partial charge >= 0.3 is 0 Å². The Morgan fingerprint density at radius 1 is 1.24 bits per heavy atom. The van der Waals surface area contributed by atoms with Crippen LogP contribution in [0, 0.1) is 5.82 Å². The first-order valence-electron chi connectivity index (χ1n) is 11.2. The number of hydrogen-bond donors (Lipinski definition) is 1. The summed E-state index contributed by atoms with van der Waals surface area (Å²) in [6, 6.07) is 5.85. The number of benzene rings is 1. The van der Waals surface area contributed by atoms with E-state index in [2.05, 4.69) is 10.2 Å². The van der Waals surface area contributed by atoms with Crippen LogP contribution in [-0.2, 0) is 11.2 Å². The first-order chi connectivity index (χ1) is 16.3. The second kappa shape index (κ2) is 10.0. The Labute approximate surface area is 200 Å². The summed E-state index contributed by atoms with van der Waals surface area (Å²) >= 11 is 1.23. The van der Waals surface area contributed by atoms with Crippen LogP contribution >= 0.6 is 11.3 Å². The largest absolute Gasteiger partial charge is 0.503 e. The molecule has 0 bridgehead atoms. The maximum absolute atomic E-state index is 13.2. The van der Waals surface area contributed by atoms with Gasteiger partial charge in [-0.05, 0) is 44.9 Å². The normalized spacial score (nSPS) is 15.7. The third kappa shape index (κ3) is 4.74. The van der Waals surface area contributed by atoms with Gasteiger partial charge in [0.05, 0.1) is 11.6 Å². The summed E-state index contributed by atoms with van der Waals surface area (Å²) in [6.07, 6.45) is 2.66. The predicted molar refractivity (Wildman–Crippen MR) is 127 cm³/mol. The molecule has 3 heterocycles. The summed E-state index contributed by atoms with van der Waals surface area (Å²) in [6.45, 7) is 7.24. The molecule has 8 nitrogen and oxygen atoms in total. The molecule has 1 aliphatic heterocycles. The second-order valence-electron chi connectivity index (χ2n) is 8.47. The average molecular weight is 487 g/mol. The number of carbonyl (C=O) groups is 1. The summed E-state index contributed by atoms with van der Waals surface area (Å²) in [5.74, 6) is -1.27.